The van der Waals surface area contributed by atoms with Gasteiger partial charge in [-0.15, -0.1) is 23.5 Å². The molecule has 1 fully saturated rings. The van der Waals surface area contributed by atoms with Crippen LogP contribution in [0.1, 0.15) is 23.5 Å². The Kier molecular flexibility index (Phi) is 6.45. The fraction of sp³-hybridized carbons (Fsp3) is 0.467. The summed E-state index contributed by atoms with van der Waals surface area (Å²) >= 11 is 3.90. The van der Waals surface area contributed by atoms with Gasteiger partial charge in [-0.1, -0.05) is 12.1 Å². The minimum Gasteiger partial charge on any atom is -0.484 e. The van der Waals surface area contributed by atoms with Crippen LogP contribution >= 0.6 is 23.5 Å². The van der Waals surface area contributed by atoms with E-state index < -0.39 is 17.9 Å². The number of carboxylic acids is 1. The first-order chi connectivity index (χ1) is 10.6. The van der Waals surface area contributed by atoms with E-state index in [4.69, 9.17) is 9.84 Å². The molecule has 0 unspecified atom stereocenters. The highest BCUT2D eigenvalue weighted by Crippen LogP contribution is 2.43. The van der Waals surface area contributed by atoms with Crippen LogP contribution in [0.15, 0.2) is 24.3 Å². The molecule has 1 aliphatic heterocycles. The maximum absolute atomic E-state index is 11.5. The molecular weight excluding hydrogens is 322 g/mol. The van der Waals surface area contributed by atoms with Crippen LogP contribution < -0.4 is 10.1 Å². The van der Waals surface area contributed by atoms with Gasteiger partial charge < -0.3 is 15.2 Å². The molecule has 1 aromatic rings. The van der Waals surface area contributed by atoms with E-state index in [1.807, 2.05) is 47.8 Å². The first kappa shape index (κ1) is 17.0. The van der Waals surface area contributed by atoms with Crippen molar-refractivity contribution in [1.29, 1.82) is 0 Å². The molecule has 0 saturated carbocycles. The number of thioether (sulfide) groups is 2. The van der Waals surface area contributed by atoms with E-state index in [0.717, 1.165) is 0 Å². The van der Waals surface area contributed by atoms with Crippen LogP contribution in [0, 0.1) is 0 Å². The van der Waals surface area contributed by atoms with E-state index in [9.17, 15) is 9.59 Å². The second kappa shape index (κ2) is 8.33. The Labute approximate surface area is 138 Å². The average molecular weight is 341 g/mol. The molecular formula is C15H19NO4S2. The monoisotopic (exact) mass is 341 g/mol. The molecule has 7 heteroatoms. The SMILES string of the molecule is C[C@H](NC(=O)COc1ccc(C2SCCCS2)cc1)C(=O)O. The number of carbonyl (C=O) groups excluding carboxylic acids is 1. The van der Waals surface area contributed by atoms with Gasteiger partial charge in [0.15, 0.2) is 6.61 Å². The molecule has 0 radical (unpaired) electrons. The van der Waals surface area contributed by atoms with Crippen molar-refractivity contribution in [2.45, 2.75) is 24.0 Å². The van der Waals surface area contributed by atoms with Gasteiger partial charge in [0, 0.05) is 0 Å². The van der Waals surface area contributed by atoms with E-state index >= 15 is 0 Å². The summed E-state index contributed by atoms with van der Waals surface area (Å²) in [5.41, 5.74) is 1.26. The molecule has 0 aliphatic carbocycles. The third-order valence-corrected chi connectivity index (χ3v) is 6.11. The minimum atomic E-state index is -1.07. The van der Waals surface area contributed by atoms with Crippen LogP contribution in [0.4, 0.5) is 0 Å². The highest BCUT2D eigenvalue weighted by Gasteiger charge is 2.17. The summed E-state index contributed by atoms with van der Waals surface area (Å²) in [6.07, 6.45) is 1.26. The molecule has 22 heavy (non-hydrogen) atoms. The molecule has 0 spiro atoms. The number of aliphatic carboxylic acids is 1. The van der Waals surface area contributed by atoms with Crippen LogP contribution in [0.2, 0.25) is 0 Å². The predicted molar refractivity (Wildman–Crippen MR) is 89.5 cm³/mol. The number of carboxylic acid groups (broad SMARTS) is 1. The number of hydrogen-bond acceptors (Lipinski definition) is 5. The minimum absolute atomic E-state index is 0.191. The molecule has 1 amide bonds. The van der Waals surface area contributed by atoms with Gasteiger partial charge >= 0.3 is 5.97 Å². The van der Waals surface area contributed by atoms with Crippen molar-refractivity contribution in [2.24, 2.45) is 0 Å². The summed E-state index contributed by atoms with van der Waals surface area (Å²) in [6.45, 7) is 1.22. The Hall–Kier alpha value is -1.34. The zero-order chi connectivity index (χ0) is 15.9. The average Bonchev–Trinajstić information content (AvgIpc) is 2.54. The first-order valence-corrected chi connectivity index (χ1v) is 9.14. The molecule has 2 N–H and O–H groups in total. The summed E-state index contributed by atoms with van der Waals surface area (Å²) in [6, 6.07) is 6.81. The summed E-state index contributed by atoms with van der Waals surface area (Å²) in [5, 5.41) is 11.1. The fourth-order valence-corrected chi connectivity index (χ4v) is 4.79. The maximum Gasteiger partial charge on any atom is 0.325 e. The number of hydrogen-bond donors (Lipinski definition) is 2. The number of amides is 1. The van der Waals surface area contributed by atoms with Crippen LogP contribution in [0.5, 0.6) is 5.75 Å². The van der Waals surface area contributed by atoms with Crippen LogP contribution in [0.3, 0.4) is 0 Å². The lowest BCUT2D eigenvalue weighted by Gasteiger charge is -2.21. The van der Waals surface area contributed by atoms with E-state index in [1.165, 1.54) is 30.4 Å². The maximum atomic E-state index is 11.5. The van der Waals surface area contributed by atoms with Crippen molar-refractivity contribution in [1.82, 2.24) is 5.32 Å². The predicted octanol–water partition coefficient (Wildman–Crippen LogP) is 2.52. The van der Waals surface area contributed by atoms with Gasteiger partial charge in [-0.05, 0) is 42.5 Å². The summed E-state index contributed by atoms with van der Waals surface area (Å²) < 4.78 is 5.85. The Morgan fingerprint density at radius 1 is 1.32 bits per heavy atom. The topological polar surface area (TPSA) is 75.6 Å². The normalized spacial score (nSPS) is 16.8. The number of rotatable bonds is 6. The number of ether oxygens (including phenoxy) is 1. The van der Waals surface area contributed by atoms with Gasteiger partial charge in [0.1, 0.15) is 11.8 Å². The highest BCUT2D eigenvalue weighted by atomic mass is 32.2. The molecule has 0 aromatic heterocycles. The zero-order valence-corrected chi connectivity index (χ0v) is 13.9. The largest absolute Gasteiger partial charge is 0.484 e. The smallest absolute Gasteiger partial charge is 0.325 e. The standard InChI is InChI=1S/C15H19NO4S2/c1-10(14(18)19)16-13(17)9-20-12-5-3-11(4-6-12)15-21-7-2-8-22-15/h3-6,10,15H,2,7-9H2,1H3,(H,16,17)(H,18,19)/t10-/m0/s1. The molecule has 0 bridgehead atoms. The molecule has 1 heterocycles. The van der Waals surface area contributed by atoms with Crippen molar-refractivity contribution in [3.63, 3.8) is 0 Å². The molecule has 5 nitrogen and oxygen atoms in total. The molecule has 1 aliphatic rings. The molecule has 1 aromatic carbocycles. The Morgan fingerprint density at radius 3 is 2.55 bits per heavy atom. The van der Waals surface area contributed by atoms with Crippen LogP contribution in [-0.4, -0.2) is 41.1 Å². The summed E-state index contributed by atoms with van der Waals surface area (Å²) in [4.78, 5) is 22.2. The molecule has 1 saturated heterocycles. The lowest BCUT2D eigenvalue weighted by molar-refractivity contribution is -0.141. The van der Waals surface area contributed by atoms with E-state index in [2.05, 4.69) is 5.32 Å². The number of nitrogens with one attached hydrogen (secondary N) is 1. The van der Waals surface area contributed by atoms with Crippen LogP contribution in [-0.2, 0) is 9.59 Å². The summed E-state index contributed by atoms with van der Waals surface area (Å²) in [5.74, 6) is 1.47. The number of benzene rings is 1. The van der Waals surface area contributed by atoms with Crippen molar-refractivity contribution in [2.75, 3.05) is 18.1 Å². The third-order valence-electron chi connectivity index (χ3n) is 3.10. The number of carbonyl (C=O) groups is 2. The second-order valence-electron chi connectivity index (χ2n) is 4.91. The molecule has 2 rings (SSSR count). The van der Waals surface area contributed by atoms with Gasteiger partial charge in [-0.3, -0.25) is 9.59 Å². The Balaban J connectivity index is 1.81. The highest BCUT2D eigenvalue weighted by molar-refractivity contribution is 8.16. The fourth-order valence-electron chi connectivity index (χ4n) is 1.90. The lowest BCUT2D eigenvalue weighted by atomic mass is 10.2. The lowest BCUT2D eigenvalue weighted by Crippen LogP contribution is -2.40. The van der Waals surface area contributed by atoms with Gasteiger partial charge in [0.2, 0.25) is 0 Å². The van der Waals surface area contributed by atoms with Crippen molar-refractivity contribution in [3.8, 4) is 5.75 Å². The van der Waals surface area contributed by atoms with Crippen molar-refractivity contribution < 1.29 is 19.4 Å². The van der Waals surface area contributed by atoms with E-state index in [0.29, 0.717) is 10.3 Å². The van der Waals surface area contributed by atoms with Crippen LogP contribution in [0.25, 0.3) is 0 Å². The third kappa shape index (κ3) is 5.14. The Morgan fingerprint density at radius 2 is 1.95 bits per heavy atom. The van der Waals surface area contributed by atoms with Crippen molar-refractivity contribution in [3.05, 3.63) is 29.8 Å². The van der Waals surface area contributed by atoms with Gasteiger partial charge in [-0.2, -0.15) is 0 Å². The van der Waals surface area contributed by atoms with Gasteiger partial charge in [0.25, 0.3) is 5.91 Å². The zero-order valence-electron chi connectivity index (χ0n) is 12.3. The van der Waals surface area contributed by atoms with E-state index in [1.54, 1.807) is 0 Å². The van der Waals surface area contributed by atoms with Gasteiger partial charge in [0.05, 0.1) is 4.58 Å². The summed E-state index contributed by atoms with van der Waals surface area (Å²) in [7, 11) is 0. The second-order valence-corrected chi connectivity index (χ2v) is 7.64. The van der Waals surface area contributed by atoms with E-state index in [-0.39, 0.29) is 6.61 Å². The Bertz CT molecular complexity index is 515. The first-order valence-electron chi connectivity index (χ1n) is 7.04. The quantitative estimate of drug-likeness (QED) is 0.828. The van der Waals surface area contributed by atoms with Gasteiger partial charge in [-0.25, -0.2) is 0 Å². The molecule has 1 atom stereocenters. The molecule has 120 valence electrons. The van der Waals surface area contributed by atoms with Crippen molar-refractivity contribution >= 4 is 35.4 Å².